The minimum atomic E-state index is -1.09. The summed E-state index contributed by atoms with van der Waals surface area (Å²) in [4.78, 5) is 28.7. The van der Waals surface area contributed by atoms with Crippen molar-refractivity contribution in [2.45, 2.75) is 46.6 Å². The second-order valence-electron chi connectivity index (χ2n) is 6.58. The fourth-order valence-electron chi connectivity index (χ4n) is 2.90. The molecule has 0 aliphatic rings. The number of thiazole rings is 1. The molecule has 0 aromatic carbocycles. The first-order chi connectivity index (χ1) is 13.8. The molecule has 0 aliphatic carbocycles. The van der Waals surface area contributed by atoms with Gasteiger partial charge in [-0.15, -0.1) is 11.3 Å². The predicted molar refractivity (Wildman–Crippen MR) is 109 cm³/mol. The average molecular weight is 410 g/mol. The third-order valence-corrected chi connectivity index (χ3v) is 5.41. The fraction of sp³-hybridized carbons (Fsp3) is 0.381. The van der Waals surface area contributed by atoms with E-state index < -0.39 is 24.3 Å². The van der Waals surface area contributed by atoms with Crippen LogP contribution < -0.4 is 0 Å². The number of nitriles is 2. The lowest BCUT2D eigenvalue weighted by atomic mass is 10.1. The summed E-state index contributed by atoms with van der Waals surface area (Å²) in [6.45, 7) is 7.98. The minimum Gasteiger partial charge on any atom is -0.453 e. The maximum atomic E-state index is 12.3. The van der Waals surface area contributed by atoms with E-state index in [2.05, 4.69) is 16.5 Å². The van der Waals surface area contributed by atoms with Gasteiger partial charge in [-0.3, -0.25) is 4.79 Å². The number of hydrogen-bond donors (Lipinski definition) is 0. The molecule has 1 atom stereocenters. The number of hydrogen-bond acceptors (Lipinski definition) is 7. The predicted octanol–water partition coefficient (Wildman–Crippen LogP) is 3.61. The van der Waals surface area contributed by atoms with Crippen molar-refractivity contribution in [3.63, 3.8) is 0 Å². The summed E-state index contributed by atoms with van der Waals surface area (Å²) in [5, 5.41) is 20.7. The number of rotatable bonds is 8. The molecule has 29 heavy (non-hydrogen) atoms. The van der Waals surface area contributed by atoms with Crippen molar-refractivity contribution < 1.29 is 14.3 Å². The van der Waals surface area contributed by atoms with Crippen LogP contribution in [0.2, 0.25) is 0 Å². The lowest BCUT2D eigenvalue weighted by molar-refractivity contribution is -0.143. The van der Waals surface area contributed by atoms with Crippen molar-refractivity contribution in [1.82, 2.24) is 9.55 Å². The number of carbonyl (C=O) groups excluding carboxylic acids is 2. The third kappa shape index (κ3) is 5.18. The summed E-state index contributed by atoms with van der Waals surface area (Å²) in [6, 6.07) is 5.62. The van der Waals surface area contributed by atoms with Gasteiger partial charge >= 0.3 is 5.97 Å². The van der Waals surface area contributed by atoms with Crippen LogP contribution in [0.4, 0.5) is 0 Å². The lowest BCUT2D eigenvalue weighted by Crippen LogP contribution is -2.20. The van der Waals surface area contributed by atoms with Gasteiger partial charge in [0.1, 0.15) is 16.6 Å². The molecule has 0 saturated heterocycles. The topological polar surface area (TPSA) is 109 Å². The zero-order chi connectivity index (χ0) is 21.6. The molecule has 2 heterocycles. The van der Waals surface area contributed by atoms with Crippen LogP contribution >= 0.6 is 11.3 Å². The maximum absolute atomic E-state index is 12.3. The van der Waals surface area contributed by atoms with Crippen molar-refractivity contribution in [3.8, 4) is 12.1 Å². The number of esters is 1. The Hall–Kier alpha value is -3.23. The van der Waals surface area contributed by atoms with Crippen LogP contribution in [-0.2, 0) is 20.9 Å². The molecule has 8 heteroatoms. The standard InChI is InChI=1S/C21H22N4O3S/c1-5-6-25-14(3)7-16(15(25)4)8-17(9-22)21(27)28-11-19(26)18(10-23)20-24-13(2)12-29-20/h7-8,12,18H,5-6,11H2,1-4H3. The van der Waals surface area contributed by atoms with Crippen LogP contribution in [0.25, 0.3) is 6.08 Å². The van der Waals surface area contributed by atoms with Gasteiger partial charge in [-0.05, 0) is 44.9 Å². The molecule has 0 bridgehead atoms. The first kappa shape index (κ1) is 22.1. The van der Waals surface area contributed by atoms with Gasteiger partial charge in [0.05, 0.1) is 6.07 Å². The quantitative estimate of drug-likeness (QED) is 0.374. The Kier molecular flexibility index (Phi) is 7.46. The van der Waals surface area contributed by atoms with Crippen molar-refractivity contribution in [3.05, 3.63) is 44.7 Å². The Labute approximate surface area is 173 Å². The average Bonchev–Trinajstić information content (AvgIpc) is 3.23. The van der Waals surface area contributed by atoms with Crippen LogP contribution in [0.3, 0.4) is 0 Å². The monoisotopic (exact) mass is 410 g/mol. The Morgan fingerprint density at radius 3 is 2.62 bits per heavy atom. The molecule has 2 rings (SSSR count). The number of Topliss-reactive ketones (excluding diaryl/α,β-unsaturated/α-hetero) is 1. The van der Waals surface area contributed by atoms with Gasteiger partial charge in [0.25, 0.3) is 0 Å². The van der Waals surface area contributed by atoms with Crippen molar-refractivity contribution in [2.75, 3.05) is 6.61 Å². The molecule has 0 amide bonds. The number of aromatic nitrogens is 2. The first-order valence-corrected chi connectivity index (χ1v) is 10.00. The van der Waals surface area contributed by atoms with E-state index in [1.807, 2.05) is 32.1 Å². The Morgan fingerprint density at radius 1 is 1.34 bits per heavy atom. The number of aryl methyl sites for hydroxylation is 2. The molecule has 0 saturated carbocycles. The summed E-state index contributed by atoms with van der Waals surface area (Å²) in [5.74, 6) is -2.56. The SMILES string of the molecule is CCCn1c(C)cc(C=C(C#N)C(=O)OCC(=O)C(C#N)c2nc(C)cs2)c1C. The van der Waals surface area contributed by atoms with E-state index in [0.29, 0.717) is 10.7 Å². The summed E-state index contributed by atoms with van der Waals surface area (Å²) in [6.07, 6.45) is 2.43. The molecular weight excluding hydrogens is 388 g/mol. The van der Waals surface area contributed by atoms with Crippen LogP contribution in [0.1, 0.15) is 46.9 Å². The minimum absolute atomic E-state index is 0.201. The van der Waals surface area contributed by atoms with Gasteiger partial charge in [-0.2, -0.15) is 10.5 Å². The third-order valence-electron chi connectivity index (χ3n) is 4.38. The molecule has 0 fully saturated rings. The molecule has 2 aromatic heterocycles. The Balaban J connectivity index is 2.11. The maximum Gasteiger partial charge on any atom is 0.349 e. The molecule has 0 radical (unpaired) electrons. The second-order valence-corrected chi connectivity index (χ2v) is 7.47. The summed E-state index contributed by atoms with van der Waals surface area (Å²) in [5.41, 5.74) is 3.25. The van der Waals surface area contributed by atoms with Gasteiger partial charge in [-0.25, -0.2) is 9.78 Å². The smallest absolute Gasteiger partial charge is 0.349 e. The Morgan fingerprint density at radius 2 is 2.07 bits per heavy atom. The van der Waals surface area contributed by atoms with E-state index in [1.54, 1.807) is 12.3 Å². The molecule has 1 unspecified atom stereocenters. The molecule has 0 aliphatic heterocycles. The number of carbonyl (C=O) groups is 2. The second kappa shape index (κ2) is 9.81. The van der Waals surface area contributed by atoms with E-state index in [0.717, 1.165) is 29.9 Å². The Bertz CT molecular complexity index is 1030. The molecule has 150 valence electrons. The van der Waals surface area contributed by atoms with E-state index in [-0.39, 0.29) is 5.57 Å². The zero-order valence-corrected chi connectivity index (χ0v) is 17.7. The molecular formula is C21H22N4O3S. The highest BCUT2D eigenvalue weighted by Crippen LogP contribution is 2.22. The summed E-state index contributed by atoms with van der Waals surface area (Å²) in [7, 11) is 0. The van der Waals surface area contributed by atoms with Gasteiger partial charge in [0.2, 0.25) is 0 Å². The van der Waals surface area contributed by atoms with Crippen molar-refractivity contribution in [1.29, 1.82) is 10.5 Å². The fourth-order valence-corrected chi connectivity index (χ4v) is 3.76. The van der Waals surface area contributed by atoms with E-state index in [1.165, 1.54) is 17.4 Å². The van der Waals surface area contributed by atoms with Gasteiger partial charge < -0.3 is 9.30 Å². The normalized spacial score (nSPS) is 12.1. The van der Waals surface area contributed by atoms with Gasteiger partial charge in [-0.1, -0.05) is 6.92 Å². The van der Waals surface area contributed by atoms with Crippen molar-refractivity contribution >= 4 is 29.2 Å². The van der Waals surface area contributed by atoms with Crippen LogP contribution in [0.5, 0.6) is 0 Å². The largest absolute Gasteiger partial charge is 0.453 e. The van der Waals surface area contributed by atoms with Crippen LogP contribution in [0.15, 0.2) is 17.0 Å². The first-order valence-electron chi connectivity index (χ1n) is 9.12. The van der Waals surface area contributed by atoms with Gasteiger partial charge in [0.15, 0.2) is 18.3 Å². The molecule has 0 N–H and O–H groups in total. The van der Waals surface area contributed by atoms with E-state index in [9.17, 15) is 20.1 Å². The lowest BCUT2D eigenvalue weighted by Gasteiger charge is -2.07. The molecule has 0 spiro atoms. The number of nitrogens with zero attached hydrogens (tertiary/aromatic N) is 4. The number of ketones is 1. The van der Waals surface area contributed by atoms with Crippen LogP contribution in [-0.4, -0.2) is 27.9 Å². The van der Waals surface area contributed by atoms with Crippen LogP contribution in [0, 0.1) is 43.4 Å². The van der Waals surface area contributed by atoms with E-state index in [4.69, 9.17) is 4.74 Å². The summed E-state index contributed by atoms with van der Waals surface area (Å²) >= 11 is 1.21. The molecule has 2 aromatic rings. The summed E-state index contributed by atoms with van der Waals surface area (Å²) < 4.78 is 7.12. The zero-order valence-electron chi connectivity index (χ0n) is 16.9. The molecule has 7 nitrogen and oxygen atoms in total. The van der Waals surface area contributed by atoms with Crippen molar-refractivity contribution in [2.24, 2.45) is 0 Å². The number of ether oxygens (including phenoxy) is 1. The highest BCUT2D eigenvalue weighted by Gasteiger charge is 2.25. The van der Waals surface area contributed by atoms with Gasteiger partial charge in [0, 0.05) is 29.0 Å². The highest BCUT2D eigenvalue weighted by atomic mass is 32.1. The highest BCUT2D eigenvalue weighted by molar-refractivity contribution is 7.09. The van der Waals surface area contributed by atoms with E-state index >= 15 is 0 Å².